The van der Waals surface area contributed by atoms with Crippen LogP contribution in [0.25, 0.3) is 0 Å². The highest BCUT2D eigenvalue weighted by molar-refractivity contribution is 7.98. The van der Waals surface area contributed by atoms with Gasteiger partial charge in [-0.25, -0.2) is 0 Å². The molecule has 0 aliphatic heterocycles. The van der Waals surface area contributed by atoms with Crippen LogP contribution in [0, 0.1) is 0 Å². The molecule has 0 aromatic heterocycles. The molecule has 5 heteroatoms. The van der Waals surface area contributed by atoms with Gasteiger partial charge in [-0.05, 0) is 61.7 Å². The Morgan fingerprint density at radius 1 is 1.05 bits per heavy atom. The Hall–Kier alpha value is -2.14. The zero-order valence-electron chi connectivity index (χ0n) is 12.8. The van der Waals surface area contributed by atoms with Crippen LogP contribution >= 0.6 is 11.8 Å². The molecular formula is C17H19NO3S. The molecule has 0 aliphatic rings. The van der Waals surface area contributed by atoms with E-state index in [-0.39, 0.29) is 5.91 Å². The van der Waals surface area contributed by atoms with E-state index >= 15 is 0 Å². The van der Waals surface area contributed by atoms with Gasteiger partial charge in [-0.3, -0.25) is 4.79 Å². The Kier molecular flexibility index (Phi) is 5.72. The zero-order valence-corrected chi connectivity index (χ0v) is 13.6. The van der Waals surface area contributed by atoms with Gasteiger partial charge in [0.05, 0.1) is 7.11 Å². The van der Waals surface area contributed by atoms with Gasteiger partial charge >= 0.3 is 0 Å². The molecular weight excluding hydrogens is 298 g/mol. The Bertz CT molecular complexity index is 611. The standard InChI is InChI=1S/C17H19NO3S/c1-12(21-15-8-10-16(22-3)11-9-15)17(19)18-13-4-6-14(20-2)7-5-13/h4-12H,1-3H3,(H,18,19). The van der Waals surface area contributed by atoms with Crippen molar-refractivity contribution in [3.05, 3.63) is 48.5 Å². The largest absolute Gasteiger partial charge is 0.497 e. The minimum atomic E-state index is -0.581. The van der Waals surface area contributed by atoms with Crippen LogP contribution in [-0.4, -0.2) is 25.4 Å². The van der Waals surface area contributed by atoms with E-state index in [1.54, 1.807) is 50.1 Å². The predicted octanol–water partition coefficient (Wildman–Crippen LogP) is 3.82. The zero-order chi connectivity index (χ0) is 15.9. The summed E-state index contributed by atoms with van der Waals surface area (Å²) in [7, 11) is 1.60. The van der Waals surface area contributed by atoms with Gasteiger partial charge in [0, 0.05) is 10.6 Å². The van der Waals surface area contributed by atoms with Gasteiger partial charge in [0.25, 0.3) is 5.91 Å². The summed E-state index contributed by atoms with van der Waals surface area (Å²) in [5.74, 6) is 1.23. The van der Waals surface area contributed by atoms with E-state index in [4.69, 9.17) is 9.47 Å². The van der Waals surface area contributed by atoms with E-state index in [9.17, 15) is 4.79 Å². The first-order valence-corrected chi connectivity index (χ1v) is 8.10. The van der Waals surface area contributed by atoms with Crippen LogP contribution in [0.2, 0.25) is 0 Å². The van der Waals surface area contributed by atoms with E-state index < -0.39 is 6.10 Å². The molecule has 0 saturated heterocycles. The molecule has 0 heterocycles. The summed E-state index contributed by atoms with van der Waals surface area (Å²) in [5.41, 5.74) is 0.707. The number of hydrogen-bond acceptors (Lipinski definition) is 4. The van der Waals surface area contributed by atoms with Crippen molar-refractivity contribution in [2.75, 3.05) is 18.7 Å². The van der Waals surface area contributed by atoms with Crippen LogP contribution < -0.4 is 14.8 Å². The van der Waals surface area contributed by atoms with Gasteiger partial charge in [-0.2, -0.15) is 0 Å². The van der Waals surface area contributed by atoms with Gasteiger partial charge < -0.3 is 14.8 Å². The quantitative estimate of drug-likeness (QED) is 0.823. The molecule has 4 nitrogen and oxygen atoms in total. The molecule has 0 bridgehead atoms. The van der Waals surface area contributed by atoms with Crippen molar-refractivity contribution in [2.45, 2.75) is 17.9 Å². The Labute approximate surface area is 134 Å². The number of amides is 1. The molecule has 0 saturated carbocycles. The number of nitrogens with one attached hydrogen (secondary N) is 1. The summed E-state index contributed by atoms with van der Waals surface area (Å²) >= 11 is 1.66. The SMILES string of the molecule is COc1ccc(NC(=O)C(C)Oc2ccc(SC)cc2)cc1. The number of ether oxygens (including phenoxy) is 2. The molecule has 0 spiro atoms. The fraction of sp³-hybridized carbons (Fsp3) is 0.235. The van der Waals surface area contributed by atoms with Crippen LogP contribution in [0.3, 0.4) is 0 Å². The number of carbonyl (C=O) groups excluding carboxylic acids is 1. The van der Waals surface area contributed by atoms with Crippen molar-refractivity contribution in [3.8, 4) is 11.5 Å². The van der Waals surface area contributed by atoms with E-state index in [2.05, 4.69) is 5.32 Å². The topological polar surface area (TPSA) is 47.6 Å². The van der Waals surface area contributed by atoms with Gasteiger partial charge in [-0.1, -0.05) is 0 Å². The van der Waals surface area contributed by atoms with Crippen LogP contribution in [0.15, 0.2) is 53.4 Å². The van der Waals surface area contributed by atoms with Crippen molar-refractivity contribution in [1.29, 1.82) is 0 Å². The van der Waals surface area contributed by atoms with Crippen molar-refractivity contribution in [1.82, 2.24) is 0 Å². The number of hydrogen-bond donors (Lipinski definition) is 1. The third-order valence-electron chi connectivity index (χ3n) is 3.10. The van der Waals surface area contributed by atoms with Crippen LogP contribution in [0.5, 0.6) is 11.5 Å². The first kappa shape index (κ1) is 16.2. The molecule has 1 atom stereocenters. The van der Waals surface area contributed by atoms with Gasteiger partial charge in [0.2, 0.25) is 0 Å². The Morgan fingerprint density at radius 3 is 2.18 bits per heavy atom. The molecule has 0 fully saturated rings. The van der Waals surface area contributed by atoms with Gasteiger partial charge in [-0.15, -0.1) is 11.8 Å². The molecule has 116 valence electrons. The van der Waals surface area contributed by atoms with E-state index in [1.807, 2.05) is 30.5 Å². The lowest BCUT2D eigenvalue weighted by Crippen LogP contribution is -2.30. The smallest absolute Gasteiger partial charge is 0.265 e. The average Bonchev–Trinajstić information content (AvgIpc) is 2.56. The highest BCUT2D eigenvalue weighted by Gasteiger charge is 2.14. The fourth-order valence-corrected chi connectivity index (χ4v) is 2.24. The van der Waals surface area contributed by atoms with Gasteiger partial charge in [0.15, 0.2) is 6.10 Å². The van der Waals surface area contributed by atoms with Crippen molar-refractivity contribution in [3.63, 3.8) is 0 Å². The molecule has 2 aromatic rings. The molecule has 0 radical (unpaired) electrons. The minimum Gasteiger partial charge on any atom is -0.497 e. The van der Waals surface area contributed by atoms with Crippen molar-refractivity contribution >= 4 is 23.4 Å². The highest BCUT2D eigenvalue weighted by Crippen LogP contribution is 2.20. The summed E-state index contributed by atoms with van der Waals surface area (Å²) in [6, 6.07) is 14.8. The summed E-state index contributed by atoms with van der Waals surface area (Å²) in [5, 5.41) is 2.81. The number of rotatable bonds is 6. The fourth-order valence-electron chi connectivity index (χ4n) is 1.83. The van der Waals surface area contributed by atoms with Crippen molar-refractivity contribution < 1.29 is 14.3 Å². The first-order valence-electron chi connectivity index (χ1n) is 6.88. The lowest BCUT2D eigenvalue weighted by molar-refractivity contribution is -0.122. The van der Waals surface area contributed by atoms with E-state index in [0.29, 0.717) is 11.4 Å². The molecule has 1 unspecified atom stereocenters. The number of benzene rings is 2. The average molecular weight is 317 g/mol. The second-order valence-electron chi connectivity index (χ2n) is 4.65. The monoisotopic (exact) mass is 317 g/mol. The second kappa shape index (κ2) is 7.75. The maximum atomic E-state index is 12.1. The number of anilines is 1. The van der Waals surface area contributed by atoms with Gasteiger partial charge in [0.1, 0.15) is 11.5 Å². The molecule has 0 aliphatic carbocycles. The van der Waals surface area contributed by atoms with Crippen LogP contribution in [0.1, 0.15) is 6.92 Å². The molecule has 22 heavy (non-hydrogen) atoms. The summed E-state index contributed by atoms with van der Waals surface area (Å²) in [6.45, 7) is 1.72. The lowest BCUT2D eigenvalue weighted by atomic mass is 10.2. The Balaban J connectivity index is 1.92. The van der Waals surface area contributed by atoms with Crippen LogP contribution in [0.4, 0.5) is 5.69 Å². The lowest BCUT2D eigenvalue weighted by Gasteiger charge is -2.15. The summed E-state index contributed by atoms with van der Waals surface area (Å²) in [4.78, 5) is 13.3. The maximum Gasteiger partial charge on any atom is 0.265 e. The first-order chi connectivity index (χ1) is 10.6. The predicted molar refractivity (Wildman–Crippen MR) is 89.9 cm³/mol. The highest BCUT2D eigenvalue weighted by atomic mass is 32.2. The van der Waals surface area contributed by atoms with Crippen molar-refractivity contribution in [2.24, 2.45) is 0 Å². The number of methoxy groups -OCH3 is 1. The van der Waals surface area contributed by atoms with Crippen LogP contribution in [-0.2, 0) is 4.79 Å². The molecule has 1 N–H and O–H groups in total. The minimum absolute atomic E-state index is 0.195. The van der Waals surface area contributed by atoms with E-state index in [0.717, 1.165) is 10.6 Å². The van der Waals surface area contributed by atoms with E-state index in [1.165, 1.54) is 0 Å². The molecule has 2 rings (SSSR count). The molecule has 1 amide bonds. The summed E-state index contributed by atoms with van der Waals surface area (Å²) < 4.78 is 10.7. The normalized spacial score (nSPS) is 11.6. The number of thioether (sulfide) groups is 1. The second-order valence-corrected chi connectivity index (χ2v) is 5.53. The third-order valence-corrected chi connectivity index (χ3v) is 3.84. The molecule has 2 aromatic carbocycles. The summed E-state index contributed by atoms with van der Waals surface area (Å²) in [6.07, 6.45) is 1.43. The number of carbonyl (C=O) groups is 1. The third kappa shape index (κ3) is 4.43. The maximum absolute atomic E-state index is 12.1. The Morgan fingerprint density at radius 2 is 1.64 bits per heavy atom.